The molecular weight excluding hydrogens is 306 g/mol. The van der Waals surface area contributed by atoms with Crippen molar-refractivity contribution in [1.29, 1.82) is 0 Å². The molecule has 0 aliphatic rings. The van der Waals surface area contributed by atoms with Crippen LogP contribution in [0.4, 0.5) is 0 Å². The van der Waals surface area contributed by atoms with E-state index in [-0.39, 0.29) is 6.04 Å². The Morgan fingerprint density at radius 2 is 1.94 bits per heavy atom. The Balaban J connectivity index is 2.20. The summed E-state index contributed by atoms with van der Waals surface area (Å²) in [5.41, 5.74) is 10.1. The van der Waals surface area contributed by atoms with E-state index in [0.29, 0.717) is 0 Å². The van der Waals surface area contributed by atoms with Crippen LogP contribution in [0.1, 0.15) is 41.0 Å². The first-order valence-corrected chi connectivity index (χ1v) is 7.83. The highest BCUT2D eigenvalue weighted by molar-refractivity contribution is 9.11. The van der Waals surface area contributed by atoms with Gasteiger partial charge in [0, 0.05) is 4.88 Å². The van der Waals surface area contributed by atoms with Crippen LogP contribution in [-0.4, -0.2) is 0 Å². The van der Waals surface area contributed by atoms with Crippen molar-refractivity contribution in [2.75, 3.05) is 0 Å². The summed E-state index contributed by atoms with van der Waals surface area (Å²) in [4.78, 5) is 1.21. The van der Waals surface area contributed by atoms with Crippen LogP contribution >= 0.6 is 27.3 Å². The van der Waals surface area contributed by atoms with Crippen molar-refractivity contribution in [1.82, 2.24) is 0 Å². The average Bonchev–Trinajstić information content (AvgIpc) is 2.70. The number of benzene rings is 1. The minimum absolute atomic E-state index is 0.0179. The van der Waals surface area contributed by atoms with E-state index < -0.39 is 0 Å². The van der Waals surface area contributed by atoms with Gasteiger partial charge < -0.3 is 5.73 Å². The molecule has 3 heteroatoms. The number of halogens is 1. The molecule has 0 bridgehead atoms. The second kappa shape index (κ2) is 6.00. The van der Waals surface area contributed by atoms with E-state index in [2.05, 4.69) is 60.1 Å². The maximum Gasteiger partial charge on any atom is 0.0731 e. The van der Waals surface area contributed by atoms with E-state index in [9.17, 15) is 0 Å². The van der Waals surface area contributed by atoms with Crippen LogP contribution in [0, 0.1) is 6.92 Å². The van der Waals surface area contributed by atoms with E-state index in [1.165, 1.54) is 31.8 Å². The normalized spacial score (nSPS) is 12.7. The summed E-state index contributed by atoms with van der Waals surface area (Å²) >= 11 is 5.28. The zero-order chi connectivity index (χ0) is 13.1. The van der Waals surface area contributed by atoms with Gasteiger partial charge in [-0.05, 0) is 52.0 Å². The quantitative estimate of drug-likeness (QED) is 0.857. The Kier molecular flexibility index (Phi) is 4.60. The average molecular weight is 324 g/mol. The topological polar surface area (TPSA) is 26.0 Å². The second-order valence-corrected chi connectivity index (χ2v) is 6.98. The van der Waals surface area contributed by atoms with Crippen molar-refractivity contribution < 1.29 is 0 Å². The maximum absolute atomic E-state index is 6.31. The van der Waals surface area contributed by atoms with Gasteiger partial charge in [-0.15, -0.1) is 11.3 Å². The lowest BCUT2D eigenvalue weighted by molar-refractivity contribution is 0.882. The number of nitrogens with two attached hydrogens (primary N) is 1. The number of rotatable bonds is 4. The molecule has 1 unspecified atom stereocenters. The smallest absolute Gasteiger partial charge is 0.0731 e. The molecule has 1 atom stereocenters. The van der Waals surface area contributed by atoms with Gasteiger partial charge in [0.05, 0.1) is 9.83 Å². The minimum atomic E-state index is -0.0179. The molecule has 0 aliphatic carbocycles. The monoisotopic (exact) mass is 323 g/mol. The lowest BCUT2D eigenvalue weighted by Gasteiger charge is -2.10. The summed E-state index contributed by atoms with van der Waals surface area (Å²) in [5.74, 6) is 0. The summed E-state index contributed by atoms with van der Waals surface area (Å²) in [6.07, 6.45) is 2.32. The third-order valence-corrected chi connectivity index (χ3v) is 5.28. The van der Waals surface area contributed by atoms with Crippen LogP contribution in [0.25, 0.3) is 0 Å². The van der Waals surface area contributed by atoms with Gasteiger partial charge in [0.1, 0.15) is 0 Å². The fourth-order valence-electron chi connectivity index (χ4n) is 1.98. The summed E-state index contributed by atoms with van der Waals surface area (Å²) in [6, 6.07) is 10.8. The Hall–Kier alpha value is -0.640. The highest BCUT2D eigenvalue weighted by Gasteiger charge is 2.13. The van der Waals surface area contributed by atoms with Gasteiger partial charge in [0.25, 0.3) is 0 Å². The molecule has 0 radical (unpaired) electrons. The Bertz CT molecular complexity index is 496. The van der Waals surface area contributed by atoms with E-state index in [1.54, 1.807) is 11.3 Å². The largest absolute Gasteiger partial charge is 0.320 e. The lowest BCUT2D eigenvalue weighted by Crippen LogP contribution is -2.10. The van der Waals surface area contributed by atoms with E-state index in [1.807, 2.05) is 0 Å². The molecule has 0 spiro atoms. The van der Waals surface area contributed by atoms with Gasteiger partial charge >= 0.3 is 0 Å². The molecule has 0 fully saturated rings. The predicted octanol–water partition coefficient (Wildman–Crippen LogP) is 4.82. The summed E-state index contributed by atoms with van der Waals surface area (Å²) in [7, 11) is 0. The minimum Gasteiger partial charge on any atom is -0.320 e. The Morgan fingerprint density at radius 3 is 2.44 bits per heavy atom. The Morgan fingerprint density at radius 1 is 1.28 bits per heavy atom. The molecule has 1 aromatic heterocycles. The first kappa shape index (κ1) is 13.8. The van der Waals surface area contributed by atoms with Gasteiger partial charge in [-0.2, -0.15) is 0 Å². The van der Waals surface area contributed by atoms with Gasteiger partial charge in [-0.1, -0.05) is 37.6 Å². The number of hydrogen-bond donors (Lipinski definition) is 1. The predicted molar refractivity (Wildman–Crippen MR) is 83.2 cm³/mol. The molecular formula is C15H18BrNS. The summed E-state index contributed by atoms with van der Waals surface area (Å²) < 4.78 is 1.18. The molecule has 18 heavy (non-hydrogen) atoms. The van der Waals surface area contributed by atoms with Gasteiger partial charge in [-0.25, -0.2) is 0 Å². The highest BCUT2D eigenvalue weighted by atomic mass is 79.9. The SMILES string of the molecule is CCCc1ccc(C(N)c2cc(C)c(Br)s2)cc1. The van der Waals surface area contributed by atoms with Crippen LogP contribution in [0.15, 0.2) is 34.1 Å². The molecule has 0 saturated heterocycles. The van der Waals surface area contributed by atoms with Crippen molar-refractivity contribution in [2.45, 2.75) is 32.7 Å². The number of hydrogen-bond acceptors (Lipinski definition) is 2. The van der Waals surface area contributed by atoms with Crippen molar-refractivity contribution >= 4 is 27.3 Å². The van der Waals surface area contributed by atoms with Crippen LogP contribution in [0.3, 0.4) is 0 Å². The maximum atomic E-state index is 6.31. The third kappa shape index (κ3) is 3.02. The fraction of sp³-hybridized carbons (Fsp3) is 0.333. The van der Waals surface area contributed by atoms with Crippen LogP contribution in [0.2, 0.25) is 0 Å². The summed E-state index contributed by atoms with van der Waals surface area (Å²) in [6.45, 7) is 4.30. The Labute approximate surface area is 121 Å². The number of aryl methyl sites for hydroxylation is 2. The van der Waals surface area contributed by atoms with Crippen molar-refractivity contribution in [3.63, 3.8) is 0 Å². The zero-order valence-electron chi connectivity index (χ0n) is 10.7. The zero-order valence-corrected chi connectivity index (χ0v) is 13.1. The first-order valence-electron chi connectivity index (χ1n) is 6.22. The molecule has 0 saturated carbocycles. The molecule has 2 N–H and O–H groups in total. The number of thiophene rings is 1. The first-order chi connectivity index (χ1) is 8.61. The van der Waals surface area contributed by atoms with Gasteiger partial charge in [0.15, 0.2) is 0 Å². The van der Waals surface area contributed by atoms with E-state index in [0.717, 1.165) is 6.42 Å². The van der Waals surface area contributed by atoms with Crippen molar-refractivity contribution in [2.24, 2.45) is 5.73 Å². The second-order valence-electron chi connectivity index (χ2n) is 4.57. The molecule has 2 aromatic rings. The molecule has 1 aromatic carbocycles. The molecule has 96 valence electrons. The van der Waals surface area contributed by atoms with Gasteiger partial charge in [0.2, 0.25) is 0 Å². The van der Waals surface area contributed by atoms with Crippen molar-refractivity contribution in [3.8, 4) is 0 Å². The molecule has 2 rings (SSSR count). The van der Waals surface area contributed by atoms with Crippen LogP contribution in [-0.2, 0) is 6.42 Å². The van der Waals surface area contributed by atoms with E-state index in [4.69, 9.17) is 5.73 Å². The fourth-order valence-corrected chi connectivity index (χ4v) is 3.58. The lowest BCUT2D eigenvalue weighted by atomic mass is 10.0. The van der Waals surface area contributed by atoms with Crippen molar-refractivity contribution in [3.05, 3.63) is 55.7 Å². The van der Waals surface area contributed by atoms with E-state index >= 15 is 0 Å². The third-order valence-electron chi connectivity index (χ3n) is 3.06. The molecule has 1 heterocycles. The summed E-state index contributed by atoms with van der Waals surface area (Å²) in [5, 5.41) is 0. The molecule has 0 aliphatic heterocycles. The molecule has 1 nitrogen and oxygen atoms in total. The van der Waals surface area contributed by atoms with Crippen LogP contribution in [0.5, 0.6) is 0 Å². The molecule has 0 amide bonds. The van der Waals surface area contributed by atoms with Crippen LogP contribution < -0.4 is 5.73 Å². The van der Waals surface area contributed by atoms with Gasteiger partial charge in [-0.3, -0.25) is 0 Å². The highest BCUT2D eigenvalue weighted by Crippen LogP contribution is 2.33. The standard InChI is InChI=1S/C15H18BrNS/c1-3-4-11-5-7-12(8-6-11)14(17)13-9-10(2)15(16)18-13/h5-9,14H,3-4,17H2,1-2H3.